The summed E-state index contributed by atoms with van der Waals surface area (Å²) >= 11 is 5.88. The predicted molar refractivity (Wildman–Crippen MR) is 102 cm³/mol. The van der Waals surface area contributed by atoms with Crippen LogP contribution in [0.1, 0.15) is 5.56 Å². The molecule has 0 bridgehead atoms. The number of nitrogens with one attached hydrogen (secondary N) is 2. The number of carbonyl (C=O) groups is 1. The number of hydrogen-bond acceptors (Lipinski definition) is 5. The molecule has 2 N–H and O–H groups in total. The van der Waals surface area contributed by atoms with E-state index in [4.69, 9.17) is 21.1 Å². The third kappa shape index (κ3) is 5.32. The monoisotopic (exact) mass is 394 g/mol. The first-order valence-corrected chi connectivity index (χ1v) is 8.48. The summed E-state index contributed by atoms with van der Waals surface area (Å²) in [7, 11) is 4.95. The van der Waals surface area contributed by atoms with E-state index in [1.807, 2.05) is 19.2 Å². The Labute approximate surface area is 161 Å². The zero-order valence-corrected chi connectivity index (χ0v) is 16.0. The van der Waals surface area contributed by atoms with Crippen LogP contribution in [0.5, 0.6) is 11.5 Å². The van der Waals surface area contributed by atoms with Gasteiger partial charge in [-0.25, -0.2) is 0 Å². The molecule has 0 aliphatic carbocycles. The van der Waals surface area contributed by atoms with E-state index in [1.54, 1.807) is 20.3 Å². The molecule has 2 rings (SSSR count). The molecule has 1 unspecified atom stereocenters. The highest BCUT2D eigenvalue weighted by Crippen LogP contribution is 2.30. The number of likely N-dealkylation sites (N-methyl/N-ethyl adjacent to an activating group) is 1. The fourth-order valence-corrected chi connectivity index (χ4v) is 2.89. The zero-order chi connectivity index (χ0) is 20.0. The van der Waals surface area contributed by atoms with E-state index in [9.17, 15) is 14.9 Å². The molecule has 2 aromatic rings. The van der Waals surface area contributed by atoms with Crippen LogP contribution in [0.25, 0.3) is 0 Å². The first-order chi connectivity index (χ1) is 12.8. The number of ether oxygens (including phenoxy) is 2. The number of benzene rings is 2. The van der Waals surface area contributed by atoms with E-state index >= 15 is 0 Å². The van der Waals surface area contributed by atoms with E-state index in [1.165, 1.54) is 18.2 Å². The average Bonchev–Trinajstić information content (AvgIpc) is 2.60. The number of halogens is 1. The molecule has 144 valence electrons. The molecule has 0 saturated carbocycles. The van der Waals surface area contributed by atoms with Crippen molar-refractivity contribution in [3.05, 3.63) is 57.1 Å². The van der Waals surface area contributed by atoms with Gasteiger partial charge in [0.05, 0.1) is 31.8 Å². The standard InChI is InChI=1S/C18H20ClN3O5/c1-21(10-12-5-4-6-16(26-2)18(12)27-3)11-17(23)20-14-9-13(19)7-8-15(14)22(24)25/h4-9H,10-11H2,1-3H3,(H,20,23)/p+1. The van der Waals surface area contributed by atoms with Gasteiger partial charge >= 0.3 is 0 Å². The molecule has 0 fully saturated rings. The van der Waals surface area contributed by atoms with Crippen molar-refractivity contribution in [1.82, 2.24) is 0 Å². The maximum Gasteiger partial charge on any atom is 0.292 e. The largest absolute Gasteiger partial charge is 0.493 e. The van der Waals surface area contributed by atoms with Crippen LogP contribution in [0.2, 0.25) is 5.02 Å². The Hall–Kier alpha value is -2.84. The van der Waals surface area contributed by atoms with Gasteiger partial charge in [-0.15, -0.1) is 0 Å². The van der Waals surface area contributed by atoms with Crippen molar-refractivity contribution < 1.29 is 24.1 Å². The van der Waals surface area contributed by atoms with Crippen molar-refractivity contribution >= 4 is 28.9 Å². The van der Waals surface area contributed by atoms with Crippen molar-refractivity contribution in [3.63, 3.8) is 0 Å². The lowest BCUT2D eigenvalue weighted by atomic mass is 10.1. The third-order valence-electron chi connectivity index (χ3n) is 3.87. The SMILES string of the molecule is COc1cccc(C[NH+](C)CC(=O)Nc2cc(Cl)ccc2[N+](=O)[O-])c1OC. The molecule has 0 aromatic heterocycles. The number of carbonyl (C=O) groups excluding carboxylic acids is 1. The maximum atomic E-state index is 12.3. The maximum absolute atomic E-state index is 12.3. The first-order valence-electron chi connectivity index (χ1n) is 8.10. The second-order valence-electron chi connectivity index (χ2n) is 5.93. The van der Waals surface area contributed by atoms with Gasteiger partial charge in [-0.2, -0.15) is 0 Å². The number of nitro groups is 1. The van der Waals surface area contributed by atoms with Crippen molar-refractivity contribution in [2.24, 2.45) is 0 Å². The van der Waals surface area contributed by atoms with Gasteiger partial charge in [0, 0.05) is 11.1 Å². The highest BCUT2D eigenvalue weighted by atomic mass is 35.5. The number of nitro benzene ring substituents is 1. The highest BCUT2D eigenvalue weighted by Gasteiger charge is 2.19. The highest BCUT2D eigenvalue weighted by molar-refractivity contribution is 6.31. The molecular formula is C18H21ClN3O5+. The molecule has 1 amide bonds. The van der Waals surface area contributed by atoms with Crippen LogP contribution in [-0.4, -0.2) is 38.6 Å². The molecule has 2 aromatic carbocycles. The second-order valence-corrected chi connectivity index (χ2v) is 6.37. The van der Waals surface area contributed by atoms with Crippen molar-refractivity contribution in [2.75, 3.05) is 33.1 Å². The number of amides is 1. The topological polar surface area (TPSA) is 95.1 Å². The van der Waals surface area contributed by atoms with Crippen LogP contribution in [0.3, 0.4) is 0 Å². The van der Waals surface area contributed by atoms with E-state index in [2.05, 4.69) is 5.32 Å². The quantitative estimate of drug-likeness (QED) is 0.527. The molecule has 0 saturated heterocycles. The van der Waals surface area contributed by atoms with E-state index in [0.717, 1.165) is 10.5 Å². The van der Waals surface area contributed by atoms with Gasteiger partial charge in [-0.05, 0) is 24.3 Å². The lowest BCUT2D eigenvalue weighted by molar-refractivity contribution is -0.885. The molecule has 27 heavy (non-hydrogen) atoms. The number of quaternary nitrogens is 1. The lowest BCUT2D eigenvalue weighted by Gasteiger charge is -2.17. The van der Waals surface area contributed by atoms with Crippen LogP contribution < -0.4 is 19.7 Å². The number of hydrogen-bond donors (Lipinski definition) is 2. The first kappa shape index (κ1) is 20.5. The molecule has 0 radical (unpaired) electrons. The number of rotatable bonds is 8. The minimum absolute atomic E-state index is 0.0734. The summed E-state index contributed by atoms with van der Waals surface area (Å²) in [4.78, 5) is 23.7. The van der Waals surface area contributed by atoms with Gasteiger partial charge in [0.25, 0.3) is 11.6 Å². The van der Waals surface area contributed by atoms with E-state index < -0.39 is 4.92 Å². The summed E-state index contributed by atoms with van der Waals surface area (Å²) in [6.45, 7) is 0.607. The summed E-state index contributed by atoms with van der Waals surface area (Å²) < 4.78 is 10.7. The van der Waals surface area contributed by atoms with Gasteiger partial charge in [-0.1, -0.05) is 17.7 Å². The van der Waals surface area contributed by atoms with E-state index in [-0.39, 0.29) is 23.8 Å². The van der Waals surface area contributed by atoms with Crippen LogP contribution in [0.4, 0.5) is 11.4 Å². The fourth-order valence-electron chi connectivity index (χ4n) is 2.72. The Morgan fingerprint density at radius 1 is 1.26 bits per heavy atom. The summed E-state index contributed by atoms with van der Waals surface area (Å²) in [5.74, 6) is 0.867. The normalized spacial score (nSPS) is 11.6. The van der Waals surface area contributed by atoms with Gasteiger partial charge < -0.3 is 19.7 Å². The van der Waals surface area contributed by atoms with Crippen LogP contribution in [-0.2, 0) is 11.3 Å². The number of nitrogens with zero attached hydrogens (tertiary/aromatic N) is 1. The Balaban J connectivity index is 2.07. The summed E-state index contributed by atoms with van der Waals surface area (Å²) in [5.41, 5.74) is 0.750. The summed E-state index contributed by atoms with van der Waals surface area (Å²) in [6, 6.07) is 9.56. The number of anilines is 1. The van der Waals surface area contributed by atoms with Crippen molar-refractivity contribution in [3.8, 4) is 11.5 Å². The minimum Gasteiger partial charge on any atom is -0.493 e. The van der Waals surface area contributed by atoms with Crippen molar-refractivity contribution in [2.45, 2.75) is 6.54 Å². The molecular weight excluding hydrogens is 374 g/mol. The smallest absolute Gasteiger partial charge is 0.292 e. The van der Waals surface area contributed by atoms with Crippen molar-refractivity contribution in [1.29, 1.82) is 0 Å². The lowest BCUT2D eigenvalue weighted by Crippen LogP contribution is -3.08. The minimum atomic E-state index is -0.566. The molecule has 0 aliphatic rings. The Bertz CT molecular complexity index is 844. The third-order valence-corrected chi connectivity index (χ3v) is 4.10. The van der Waals surface area contributed by atoms with Crippen LogP contribution in [0, 0.1) is 10.1 Å². The second kappa shape index (κ2) is 9.20. The van der Waals surface area contributed by atoms with Crippen LogP contribution in [0.15, 0.2) is 36.4 Å². The predicted octanol–water partition coefficient (Wildman–Crippen LogP) is 1.92. The summed E-state index contributed by atoms with van der Waals surface area (Å²) in [5, 5.41) is 14.0. The molecule has 9 heteroatoms. The van der Waals surface area contributed by atoms with Gasteiger partial charge in [0.15, 0.2) is 18.0 Å². The van der Waals surface area contributed by atoms with E-state index in [0.29, 0.717) is 23.1 Å². The van der Waals surface area contributed by atoms with Gasteiger partial charge in [0.2, 0.25) is 0 Å². The Morgan fingerprint density at radius 2 is 2.00 bits per heavy atom. The zero-order valence-electron chi connectivity index (χ0n) is 15.2. The Morgan fingerprint density at radius 3 is 2.63 bits per heavy atom. The average molecular weight is 395 g/mol. The van der Waals surface area contributed by atoms with Gasteiger partial charge in [-0.3, -0.25) is 14.9 Å². The molecule has 0 spiro atoms. The molecule has 0 aliphatic heterocycles. The molecule has 8 nitrogen and oxygen atoms in total. The molecule has 0 heterocycles. The van der Waals surface area contributed by atoms with Gasteiger partial charge in [0.1, 0.15) is 12.2 Å². The molecule has 1 atom stereocenters. The number of methoxy groups -OCH3 is 2. The Kier molecular flexibility index (Phi) is 6.98. The van der Waals surface area contributed by atoms with Crippen LogP contribution >= 0.6 is 11.6 Å². The summed E-state index contributed by atoms with van der Waals surface area (Å²) in [6.07, 6.45) is 0. The fraction of sp³-hybridized carbons (Fsp3) is 0.278. The number of para-hydroxylation sites is 1.